The van der Waals surface area contributed by atoms with E-state index in [9.17, 15) is 0 Å². The third kappa shape index (κ3) is 6.80. The van der Waals surface area contributed by atoms with Gasteiger partial charge in [-0.05, 0) is 108 Å². The van der Waals surface area contributed by atoms with Crippen LogP contribution in [0, 0.1) is 0 Å². The Morgan fingerprint density at radius 2 is 0.412 bits per heavy atom. The van der Waals surface area contributed by atoms with E-state index in [0.29, 0.717) is 0 Å². The highest BCUT2D eigenvalue weighted by molar-refractivity contribution is 7.20. The molecule has 0 radical (unpaired) electrons. The highest BCUT2D eigenvalue weighted by atomic mass is 28.3. The summed E-state index contributed by atoms with van der Waals surface area (Å²) >= 11 is 0. The first-order chi connectivity index (χ1) is 33.7. The van der Waals surface area contributed by atoms with Crippen molar-refractivity contribution in [2.45, 2.75) is 0 Å². The molecule has 12 aromatic rings. The first kappa shape index (κ1) is 41.3. The van der Waals surface area contributed by atoms with Crippen LogP contribution in [0.25, 0.3) is 54.6 Å². The van der Waals surface area contributed by atoms with Crippen molar-refractivity contribution in [3.8, 4) is 22.3 Å². The molecule has 2 heteroatoms. The summed E-state index contributed by atoms with van der Waals surface area (Å²) in [5.74, 6) is 0. The average molecular weight is 897 g/mol. The van der Waals surface area contributed by atoms with Crippen LogP contribution < -0.4 is 41.5 Å². The van der Waals surface area contributed by atoms with E-state index in [0.717, 1.165) is 0 Å². The van der Waals surface area contributed by atoms with Crippen molar-refractivity contribution in [3.63, 3.8) is 0 Å². The van der Waals surface area contributed by atoms with Crippen LogP contribution in [0.2, 0.25) is 0 Å². The van der Waals surface area contributed by atoms with Gasteiger partial charge >= 0.3 is 0 Å². The average Bonchev–Trinajstić information content (AvgIpc) is 3.43. The van der Waals surface area contributed by atoms with E-state index in [-0.39, 0.29) is 0 Å². The lowest BCUT2D eigenvalue weighted by molar-refractivity contribution is 1.64. The summed E-state index contributed by atoms with van der Waals surface area (Å²) in [7, 11) is -5.34. The van der Waals surface area contributed by atoms with Gasteiger partial charge in [-0.1, -0.05) is 279 Å². The molecule has 0 aliphatic carbocycles. The van der Waals surface area contributed by atoms with E-state index in [1.54, 1.807) is 0 Å². The summed E-state index contributed by atoms with van der Waals surface area (Å²) in [6, 6.07) is 109. The second kappa shape index (κ2) is 17.6. The summed E-state index contributed by atoms with van der Waals surface area (Å²) < 4.78 is 0. The SMILES string of the molecule is c1ccc([Si](c2ccccc2)(c2ccccc2)c2ccc(-c3cc4cc(-c5ccc([Si](c6ccccc6)(c6ccccc6)c6ccccc6)cc5)c5ccccc5c4c4ccccc34)cc2)cc1. The van der Waals surface area contributed by atoms with Crippen LogP contribution in [-0.4, -0.2) is 16.1 Å². The third-order valence-corrected chi connectivity index (χ3v) is 24.0. The summed E-state index contributed by atoms with van der Waals surface area (Å²) in [5, 5.41) is 18.6. The smallest absolute Gasteiger partial charge is 0.0623 e. The molecule has 320 valence electrons. The van der Waals surface area contributed by atoms with Gasteiger partial charge in [0.25, 0.3) is 0 Å². The molecule has 12 rings (SSSR count). The minimum absolute atomic E-state index is 1.21. The third-order valence-electron chi connectivity index (χ3n) is 14.4. The van der Waals surface area contributed by atoms with E-state index in [1.807, 2.05) is 0 Å². The Morgan fingerprint density at radius 1 is 0.191 bits per heavy atom. The molecule has 0 saturated heterocycles. The van der Waals surface area contributed by atoms with Gasteiger partial charge in [0.05, 0.1) is 0 Å². The molecule has 0 atom stereocenters. The fraction of sp³-hybridized carbons (Fsp3) is 0. The van der Waals surface area contributed by atoms with Gasteiger partial charge in [0.2, 0.25) is 0 Å². The highest BCUT2D eigenvalue weighted by Gasteiger charge is 2.42. The fourth-order valence-electron chi connectivity index (χ4n) is 11.4. The summed E-state index contributed by atoms with van der Waals surface area (Å²) in [4.78, 5) is 0. The van der Waals surface area contributed by atoms with E-state index in [2.05, 4.69) is 291 Å². The molecule has 0 nitrogen and oxygen atoms in total. The predicted octanol–water partition coefficient (Wildman–Crippen LogP) is 11.2. The molecule has 68 heavy (non-hydrogen) atoms. The zero-order valence-corrected chi connectivity index (χ0v) is 39.7. The molecule has 0 heterocycles. The number of hydrogen-bond acceptors (Lipinski definition) is 0. The molecule has 0 aliphatic rings. The van der Waals surface area contributed by atoms with Gasteiger partial charge in [-0.25, -0.2) is 0 Å². The van der Waals surface area contributed by atoms with Crippen molar-refractivity contribution in [1.29, 1.82) is 0 Å². The lowest BCUT2D eigenvalue weighted by atomic mass is 9.88. The normalized spacial score (nSPS) is 11.8. The van der Waals surface area contributed by atoms with Crippen LogP contribution >= 0.6 is 0 Å². The van der Waals surface area contributed by atoms with Crippen LogP contribution in [0.3, 0.4) is 0 Å². The Labute approximate surface area is 401 Å². The fourth-order valence-corrected chi connectivity index (χ4v) is 20.9. The maximum atomic E-state index is 2.45. The Hall–Kier alpha value is -8.15. The molecule has 12 aromatic carbocycles. The van der Waals surface area contributed by atoms with Gasteiger partial charge in [0.15, 0.2) is 16.1 Å². The number of rotatable bonds is 10. The van der Waals surface area contributed by atoms with Crippen molar-refractivity contribution in [2.75, 3.05) is 0 Å². The van der Waals surface area contributed by atoms with Crippen LogP contribution in [-0.2, 0) is 0 Å². The standard InChI is InChI=1S/C66H48Si2/c1-7-23-52(24-8-1)67(53-25-9-2-10-26-53,54-27-11-3-12-28-54)58-43-39-49(40-44-58)64-47-51-48-65(61-36-20-22-38-63(61)66(51)62-37-21-19-35-60(62)64)50-41-45-59(46-42-50)68(55-29-13-4-14-30-55,56-31-15-5-16-32-56)57-33-17-6-18-34-57/h1-48H. The minimum atomic E-state index is -2.67. The topological polar surface area (TPSA) is 0 Å². The highest BCUT2D eigenvalue weighted by Crippen LogP contribution is 2.42. The molecule has 0 aliphatic heterocycles. The van der Waals surface area contributed by atoms with Gasteiger partial charge in [0, 0.05) is 0 Å². The molecule has 0 bridgehead atoms. The largest absolute Gasteiger partial charge is 0.179 e. The molecule has 0 spiro atoms. The lowest BCUT2D eigenvalue weighted by Gasteiger charge is -2.34. The summed E-state index contributed by atoms with van der Waals surface area (Å²) in [6.07, 6.45) is 0. The summed E-state index contributed by atoms with van der Waals surface area (Å²) in [5.41, 5.74) is 4.91. The molecule has 0 saturated carbocycles. The maximum absolute atomic E-state index is 2.67. The predicted molar refractivity (Wildman–Crippen MR) is 297 cm³/mol. The lowest BCUT2D eigenvalue weighted by Crippen LogP contribution is -2.74. The first-order valence-corrected chi connectivity index (χ1v) is 27.7. The Kier molecular flexibility index (Phi) is 10.7. The quantitative estimate of drug-likeness (QED) is 0.0729. The van der Waals surface area contributed by atoms with Gasteiger partial charge in [-0.3, -0.25) is 0 Å². The molecule has 0 aromatic heterocycles. The van der Waals surface area contributed by atoms with Crippen LogP contribution in [0.15, 0.2) is 291 Å². The molecular weight excluding hydrogens is 849 g/mol. The molecule has 0 fully saturated rings. The van der Waals surface area contributed by atoms with Crippen LogP contribution in [0.1, 0.15) is 0 Å². The van der Waals surface area contributed by atoms with Crippen molar-refractivity contribution >= 4 is 90.0 Å². The Bertz CT molecular complexity index is 3230. The Morgan fingerprint density at radius 3 is 0.676 bits per heavy atom. The van der Waals surface area contributed by atoms with Crippen LogP contribution in [0.4, 0.5) is 0 Å². The zero-order chi connectivity index (χ0) is 45.3. The zero-order valence-electron chi connectivity index (χ0n) is 37.7. The minimum Gasteiger partial charge on any atom is -0.0623 e. The molecule has 0 amide bonds. The van der Waals surface area contributed by atoms with Crippen molar-refractivity contribution in [3.05, 3.63) is 291 Å². The Balaban J connectivity index is 1.03. The van der Waals surface area contributed by atoms with Gasteiger partial charge in [-0.15, -0.1) is 0 Å². The van der Waals surface area contributed by atoms with Crippen LogP contribution in [0.5, 0.6) is 0 Å². The van der Waals surface area contributed by atoms with E-state index in [4.69, 9.17) is 0 Å². The molecule has 0 unspecified atom stereocenters. The summed E-state index contributed by atoms with van der Waals surface area (Å²) in [6.45, 7) is 0. The second-order valence-electron chi connectivity index (χ2n) is 17.9. The maximum Gasteiger partial charge on any atom is 0.179 e. The van der Waals surface area contributed by atoms with E-state index < -0.39 is 16.1 Å². The molecular formula is C66H48Si2. The number of benzene rings is 12. The van der Waals surface area contributed by atoms with Crippen molar-refractivity contribution in [1.82, 2.24) is 0 Å². The monoisotopic (exact) mass is 896 g/mol. The van der Waals surface area contributed by atoms with Gasteiger partial charge < -0.3 is 0 Å². The van der Waals surface area contributed by atoms with Crippen molar-refractivity contribution in [2.24, 2.45) is 0 Å². The number of hydrogen-bond donors (Lipinski definition) is 0. The van der Waals surface area contributed by atoms with Crippen molar-refractivity contribution < 1.29 is 0 Å². The molecule has 0 N–H and O–H groups in total. The first-order valence-electron chi connectivity index (χ1n) is 23.7. The second-order valence-corrected chi connectivity index (χ2v) is 25.5. The van der Waals surface area contributed by atoms with Gasteiger partial charge in [-0.2, -0.15) is 0 Å². The van der Waals surface area contributed by atoms with Gasteiger partial charge in [0.1, 0.15) is 0 Å². The van der Waals surface area contributed by atoms with E-state index >= 15 is 0 Å². The number of fused-ring (bicyclic) bond motifs is 5. The van der Waals surface area contributed by atoms with E-state index in [1.165, 1.54) is 96.1 Å².